The Morgan fingerprint density at radius 3 is 2.63 bits per heavy atom. The van der Waals surface area contributed by atoms with Gasteiger partial charge in [-0.25, -0.2) is 8.42 Å². The molecule has 0 bridgehead atoms. The van der Waals surface area contributed by atoms with Gasteiger partial charge >= 0.3 is 0 Å². The molecule has 1 aliphatic rings. The fourth-order valence-corrected chi connectivity index (χ4v) is 3.47. The molecule has 0 aliphatic heterocycles. The van der Waals surface area contributed by atoms with Crippen molar-refractivity contribution in [3.05, 3.63) is 11.4 Å². The molecule has 6 nitrogen and oxygen atoms in total. The van der Waals surface area contributed by atoms with Crippen molar-refractivity contribution in [1.29, 1.82) is 0 Å². The number of H-pyrrole nitrogens is 1. The smallest absolute Gasteiger partial charge is 0.275 e. The van der Waals surface area contributed by atoms with E-state index < -0.39 is 15.0 Å². The standard InChI is InChI=1S/C11H16ClN3O3S/c1-6-4-8(6)5-15(3)11(16)9-10(19(12,17)18)7(2)13-14-9/h6,8H,4-5H2,1-3H3,(H,13,14). The summed E-state index contributed by atoms with van der Waals surface area (Å²) in [7, 11) is 2.99. The zero-order valence-electron chi connectivity index (χ0n) is 11.0. The summed E-state index contributed by atoms with van der Waals surface area (Å²) in [5.41, 5.74) is 0.134. The predicted molar refractivity (Wildman–Crippen MR) is 70.6 cm³/mol. The molecule has 0 aromatic carbocycles. The number of carbonyl (C=O) groups excluding carboxylic acids is 1. The van der Waals surface area contributed by atoms with Gasteiger partial charge in [-0.15, -0.1) is 0 Å². The number of amides is 1. The van der Waals surface area contributed by atoms with Gasteiger partial charge in [-0.3, -0.25) is 9.89 Å². The molecule has 2 rings (SSSR count). The van der Waals surface area contributed by atoms with Gasteiger partial charge in [-0.1, -0.05) is 6.92 Å². The lowest BCUT2D eigenvalue weighted by atomic mass is 10.3. The highest BCUT2D eigenvalue weighted by molar-refractivity contribution is 8.13. The first-order chi connectivity index (χ1) is 8.71. The highest BCUT2D eigenvalue weighted by atomic mass is 35.7. The largest absolute Gasteiger partial charge is 0.340 e. The van der Waals surface area contributed by atoms with E-state index >= 15 is 0 Å². The quantitative estimate of drug-likeness (QED) is 0.852. The molecular weight excluding hydrogens is 290 g/mol. The number of hydrogen-bond donors (Lipinski definition) is 1. The van der Waals surface area contributed by atoms with Crippen LogP contribution in [0.2, 0.25) is 0 Å². The van der Waals surface area contributed by atoms with Crippen LogP contribution >= 0.6 is 10.7 Å². The number of rotatable bonds is 4. The highest BCUT2D eigenvalue weighted by Gasteiger charge is 2.36. The molecule has 0 spiro atoms. The van der Waals surface area contributed by atoms with Crippen LogP contribution in [0.25, 0.3) is 0 Å². The van der Waals surface area contributed by atoms with Gasteiger partial charge in [0.1, 0.15) is 4.90 Å². The fraction of sp³-hybridized carbons (Fsp3) is 0.636. The molecule has 1 saturated carbocycles. The van der Waals surface area contributed by atoms with Crippen LogP contribution in [0.3, 0.4) is 0 Å². The van der Waals surface area contributed by atoms with Gasteiger partial charge in [0.15, 0.2) is 5.69 Å². The Labute approximate surface area is 116 Å². The topological polar surface area (TPSA) is 83.1 Å². The van der Waals surface area contributed by atoms with Crippen LogP contribution in [0.4, 0.5) is 0 Å². The van der Waals surface area contributed by atoms with Crippen LogP contribution in [0, 0.1) is 18.8 Å². The Morgan fingerprint density at radius 2 is 2.16 bits per heavy atom. The van der Waals surface area contributed by atoms with Gasteiger partial charge in [0.25, 0.3) is 15.0 Å². The summed E-state index contributed by atoms with van der Waals surface area (Å²) in [6, 6.07) is 0. The molecule has 2 atom stereocenters. The van der Waals surface area contributed by atoms with E-state index in [1.807, 2.05) is 0 Å². The molecule has 1 fully saturated rings. The molecule has 1 aromatic rings. The molecule has 19 heavy (non-hydrogen) atoms. The summed E-state index contributed by atoms with van der Waals surface area (Å²) in [4.78, 5) is 13.5. The molecule has 8 heteroatoms. The SMILES string of the molecule is Cc1[nH]nc(C(=O)N(C)CC2CC2C)c1S(=O)(=O)Cl. The minimum atomic E-state index is -3.99. The number of aromatic amines is 1. The second kappa shape index (κ2) is 4.79. The average Bonchev–Trinajstić information content (AvgIpc) is 2.82. The lowest BCUT2D eigenvalue weighted by molar-refractivity contribution is 0.0777. The minimum absolute atomic E-state index is 0.136. The van der Waals surface area contributed by atoms with Gasteiger partial charge in [0, 0.05) is 24.3 Å². The molecule has 1 amide bonds. The van der Waals surface area contributed by atoms with Crippen molar-refractivity contribution in [1.82, 2.24) is 15.1 Å². The van der Waals surface area contributed by atoms with Crippen molar-refractivity contribution < 1.29 is 13.2 Å². The molecule has 2 unspecified atom stereocenters. The van der Waals surface area contributed by atoms with Gasteiger partial charge in [-0.05, 0) is 25.2 Å². The van der Waals surface area contributed by atoms with Crippen molar-refractivity contribution in [2.24, 2.45) is 11.8 Å². The number of halogens is 1. The van der Waals surface area contributed by atoms with Crippen molar-refractivity contribution in [2.75, 3.05) is 13.6 Å². The maximum atomic E-state index is 12.2. The summed E-state index contributed by atoms with van der Waals surface area (Å²) in [6.45, 7) is 4.24. The Balaban J connectivity index is 2.24. The molecular formula is C11H16ClN3O3S. The number of nitrogens with one attached hydrogen (secondary N) is 1. The maximum Gasteiger partial charge on any atom is 0.275 e. The van der Waals surface area contributed by atoms with E-state index in [9.17, 15) is 13.2 Å². The van der Waals surface area contributed by atoms with Crippen LogP contribution in [-0.4, -0.2) is 43.0 Å². The molecule has 1 N–H and O–H groups in total. The molecule has 0 saturated heterocycles. The van der Waals surface area contributed by atoms with Gasteiger partial charge in [0.2, 0.25) is 0 Å². The third-order valence-corrected chi connectivity index (χ3v) is 4.92. The van der Waals surface area contributed by atoms with Crippen molar-refractivity contribution in [3.63, 3.8) is 0 Å². The summed E-state index contributed by atoms with van der Waals surface area (Å²) >= 11 is 0. The van der Waals surface area contributed by atoms with E-state index in [1.54, 1.807) is 7.05 Å². The first-order valence-electron chi connectivity index (χ1n) is 5.97. The van der Waals surface area contributed by atoms with Crippen LogP contribution < -0.4 is 0 Å². The third kappa shape index (κ3) is 2.92. The highest BCUT2D eigenvalue weighted by Crippen LogP contribution is 2.38. The number of carbonyl (C=O) groups is 1. The van der Waals surface area contributed by atoms with Crippen molar-refractivity contribution in [3.8, 4) is 0 Å². The van der Waals surface area contributed by atoms with Crippen LogP contribution in [-0.2, 0) is 9.05 Å². The van der Waals surface area contributed by atoms with Crippen LogP contribution in [0.15, 0.2) is 4.90 Å². The van der Waals surface area contributed by atoms with E-state index in [1.165, 1.54) is 11.8 Å². The zero-order chi connectivity index (χ0) is 14.4. The molecule has 106 valence electrons. The van der Waals surface area contributed by atoms with E-state index in [2.05, 4.69) is 17.1 Å². The second-order valence-corrected chi connectivity index (χ2v) is 7.63. The third-order valence-electron chi connectivity index (χ3n) is 3.47. The van der Waals surface area contributed by atoms with Crippen molar-refractivity contribution in [2.45, 2.75) is 25.2 Å². The molecule has 1 heterocycles. The predicted octanol–water partition coefficient (Wildman–Crippen LogP) is 1.37. The normalized spacial score (nSPS) is 22.3. The Kier molecular flexibility index (Phi) is 3.61. The Hall–Kier alpha value is -1.08. The lowest BCUT2D eigenvalue weighted by Crippen LogP contribution is -2.30. The summed E-state index contributed by atoms with van der Waals surface area (Å²) in [5, 5.41) is 6.27. The lowest BCUT2D eigenvalue weighted by Gasteiger charge is -2.16. The van der Waals surface area contributed by atoms with Crippen LogP contribution in [0.1, 0.15) is 29.5 Å². The van der Waals surface area contributed by atoms with Crippen molar-refractivity contribution >= 4 is 25.6 Å². The summed E-state index contributed by atoms with van der Waals surface area (Å²) < 4.78 is 23.0. The minimum Gasteiger partial charge on any atom is -0.340 e. The first-order valence-corrected chi connectivity index (χ1v) is 8.27. The van der Waals surface area contributed by atoms with Gasteiger partial charge < -0.3 is 4.90 Å². The molecule has 0 radical (unpaired) electrons. The van der Waals surface area contributed by atoms with Gasteiger partial charge in [0.05, 0.1) is 5.69 Å². The summed E-state index contributed by atoms with van der Waals surface area (Å²) in [6.07, 6.45) is 1.10. The maximum absolute atomic E-state index is 12.2. The first kappa shape index (κ1) is 14.3. The number of aryl methyl sites for hydroxylation is 1. The van der Waals surface area contributed by atoms with E-state index in [0.717, 1.165) is 6.42 Å². The summed E-state index contributed by atoms with van der Waals surface area (Å²) in [5.74, 6) is 0.681. The Morgan fingerprint density at radius 1 is 1.58 bits per heavy atom. The zero-order valence-corrected chi connectivity index (χ0v) is 12.5. The van der Waals surface area contributed by atoms with E-state index in [4.69, 9.17) is 10.7 Å². The van der Waals surface area contributed by atoms with Gasteiger partial charge in [-0.2, -0.15) is 5.10 Å². The Bertz CT molecular complexity index is 611. The van der Waals surface area contributed by atoms with Crippen LogP contribution in [0.5, 0.6) is 0 Å². The fourth-order valence-electron chi connectivity index (χ4n) is 2.13. The molecule has 1 aromatic heterocycles. The second-order valence-electron chi connectivity index (χ2n) is 5.12. The number of hydrogen-bond acceptors (Lipinski definition) is 4. The van der Waals surface area contributed by atoms with E-state index in [0.29, 0.717) is 18.4 Å². The monoisotopic (exact) mass is 305 g/mol. The molecule has 1 aliphatic carbocycles. The number of aromatic nitrogens is 2. The number of nitrogens with zero attached hydrogens (tertiary/aromatic N) is 2. The average molecular weight is 306 g/mol. The van der Waals surface area contributed by atoms with E-state index in [-0.39, 0.29) is 16.3 Å².